The maximum Gasteiger partial charge on any atom is 0.311 e. The van der Waals surface area contributed by atoms with Gasteiger partial charge in [-0.15, -0.1) is 11.3 Å². The van der Waals surface area contributed by atoms with Crippen LogP contribution in [0, 0.1) is 0 Å². The van der Waals surface area contributed by atoms with Crippen molar-refractivity contribution in [1.82, 2.24) is 10.6 Å². The molecule has 0 saturated carbocycles. The standard InChI is InChI=1S/C13H18N2O4S/c1-2-5-14-11(16)8-15-12(17)9-19-13(18)7-10-4-3-6-20-10/h3-4,6H,2,5,7-9H2,1H3,(H,14,16)(H,15,17). The first-order valence-corrected chi connectivity index (χ1v) is 7.21. The number of thiophene rings is 1. The van der Waals surface area contributed by atoms with Gasteiger partial charge < -0.3 is 15.4 Å². The van der Waals surface area contributed by atoms with Gasteiger partial charge in [-0.1, -0.05) is 13.0 Å². The summed E-state index contributed by atoms with van der Waals surface area (Å²) in [5, 5.41) is 6.87. The quantitative estimate of drug-likeness (QED) is 0.684. The number of hydrogen-bond donors (Lipinski definition) is 2. The lowest BCUT2D eigenvalue weighted by atomic mass is 10.3. The number of esters is 1. The van der Waals surface area contributed by atoms with Crippen molar-refractivity contribution in [3.8, 4) is 0 Å². The van der Waals surface area contributed by atoms with Crippen LogP contribution in [0.5, 0.6) is 0 Å². The summed E-state index contributed by atoms with van der Waals surface area (Å²) in [6.07, 6.45) is 0.988. The van der Waals surface area contributed by atoms with Gasteiger partial charge in [0.25, 0.3) is 5.91 Å². The Morgan fingerprint density at radius 2 is 2.05 bits per heavy atom. The van der Waals surface area contributed by atoms with Gasteiger partial charge >= 0.3 is 5.97 Å². The molecule has 0 radical (unpaired) electrons. The lowest BCUT2D eigenvalue weighted by molar-refractivity contribution is -0.147. The highest BCUT2D eigenvalue weighted by molar-refractivity contribution is 7.10. The van der Waals surface area contributed by atoms with E-state index in [0.717, 1.165) is 11.3 Å². The fraction of sp³-hybridized carbons (Fsp3) is 0.462. The predicted octanol–water partition coefficient (Wildman–Crippen LogP) is 0.476. The average Bonchev–Trinajstić information content (AvgIpc) is 2.93. The van der Waals surface area contributed by atoms with Crippen LogP contribution in [-0.2, 0) is 25.5 Å². The van der Waals surface area contributed by atoms with Crippen molar-refractivity contribution in [1.29, 1.82) is 0 Å². The van der Waals surface area contributed by atoms with Gasteiger partial charge in [0.15, 0.2) is 6.61 Å². The zero-order valence-electron chi connectivity index (χ0n) is 11.3. The van der Waals surface area contributed by atoms with E-state index in [1.54, 1.807) is 0 Å². The summed E-state index contributed by atoms with van der Waals surface area (Å²) < 4.78 is 4.81. The largest absolute Gasteiger partial charge is 0.455 e. The number of carbonyl (C=O) groups excluding carboxylic acids is 3. The van der Waals surface area contributed by atoms with E-state index >= 15 is 0 Å². The number of ether oxygens (including phenoxy) is 1. The molecule has 0 fully saturated rings. The number of carbonyl (C=O) groups is 3. The number of nitrogens with one attached hydrogen (secondary N) is 2. The highest BCUT2D eigenvalue weighted by Gasteiger charge is 2.10. The highest BCUT2D eigenvalue weighted by Crippen LogP contribution is 2.09. The van der Waals surface area contributed by atoms with Gasteiger partial charge in [0, 0.05) is 11.4 Å². The van der Waals surface area contributed by atoms with Crippen LogP contribution >= 0.6 is 11.3 Å². The van der Waals surface area contributed by atoms with E-state index in [1.165, 1.54) is 11.3 Å². The molecule has 0 spiro atoms. The molecule has 1 heterocycles. The van der Waals surface area contributed by atoms with Crippen LogP contribution in [-0.4, -0.2) is 37.5 Å². The maximum atomic E-state index is 11.4. The van der Waals surface area contributed by atoms with E-state index in [4.69, 9.17) is 4.74 Å². The minimum Gasteiger partial charge on any atom is -0.455 e. The van der Waals surface area contributed by atoms with Crippen LogP contribution in [0.4, 0.5) is 0 Å². The van der Waals surface area contributed by atoms with E-state index in [0.29, 0.717) is 6.54 Å². The van der Waals surface area contributed by atoms with E-state index in [9.17, 15) is 14.4 Å². The first kappa shape index (κ1) is 16.2. The molecule has 6 nitrogen and oxygen atoms in total. The van der Waals surface area contributed by atoms with Gasteiger partial charge in [-0.05, 0) is 17.9 Å². The Labute approximate surface area is 121 Å². The van der Waals surface area contributed by atoms with Crippen LogP contribution < -0.4 is 10.6 Å². The van der Waals surface area contributed by atoms with Crippen LogP contribution in [0.3, 0.4) is 0 Å². The van der Waals surface area contributed by atoms with Crippen molar-refractivity contribution in [2.45, 2.75) is 19.8 Å². The van der Waals surface area contributed by atoms with Crippen LogP contribution in [0.2, 0.25) is 0 Å². The highest BCUT2D eigenvalue weighted by atomic mass is 32.1. The average molecular weight is 298 g/mol. The van der Waals surface area contributed by atoms with E-state index in [-0.39, 0.29) is 25.5 Å². The van der Waals surface area contributed by atoms with Crippen molar-refractivity contribution in [3.63, 3.8) is 0 Å². The van der Waals surface area contributed by atoms with E-state index in [1.807, 2.05) is 24.4 Å². The maximum absolute atomic E-state index is 11.4. The second-order valence-corrected chi connectivity index (χ2v) is 5.08. The first-order chi connectivity index (χ1) is 9.61. The van der Waals surface area contributed by atoms with Crippen molar-refractivity contribution in [2.75, 3.05) is 19.7 Å². The van der Waals surface area contributed by atoms with E-state index in [2.05, 4.69) is 10.6 Å². The molecule has 1 aromatic rings. The third-order valence-electron chi connectivity index (χ3n) is 2.28. The molecule has 7 heteroatoms. The molecule has 1 aromatic heterocycles. The Kier molecular flexibility index (Phi) is 7.34. The molecular weight excluding hydrogens is 280 g/mol. The van der Waals surface area contributed by atoms with Gasteiger partial charge in [0.1, 0.15) is 0 Å². The Hall–Kier alpha value is -1.89. The Balaban J connectivity index is 2.13. The lowest BCUT2D eigenvalue weighted by Gasteiger charge is -2.06. The summed E-state index contributed by atoms with van der Waals surface area (Å²) in [4.78, 5) is 34.9. The third kappa shape index (κ3) is 6.89. The molecule has 0 atom stereocenters. The molecule has 0 aromatic carbocycles. The second kappa shape index (κ2) is 9.08. The summed E-state index contributed by atoms with van der Waals surface area (Å²) in [5.74, 6) is -1.21. The van der Waals surface area contributed by atoms with Gasteiger partial charge in [-0.3, -0.25) is 14.4 Å². The SMILES string of the molecule is CCCNC(=O)CNC(=O)COC(=O)Cc1cccs1. The smallest absolute Gasteiger partial charge is 0.311 e. The molecule has 0 aliphatic carbocycles. The fourth-order valence-corrected chi connectivity index (χ4v) is 2.00. The molecule has 0 saturated heterocycles. The molecule has 0 aliphatic heterocycles. The van der Waals surface area contributed by atoms with Gasteiger partial charge in [-0.2, -0.15) is 0 Å². The minimum atomic E-state index is -0.490. The predicted molar refractivity (Wildman–Crippen MR) is 75.3 cm³/mol. The van der Waals surface area contributed by atoms with Crippen LogP contribution in [0.15, 0.2) is 17.5 Å². The van der Waals surface area contributed by atoms with Crippen molar-refractivity contribution >= 4 is 29.1 Å². The molecule has 0 bridgehead atoms. The number of rotatable bonds is 8. The zero-order valence-corrected chi connectivity index (χ0v) is 12.1. The fourth-order valence-electron chi connectivity index (χ4n) is 1.31. The van der Waals surface area contributed by atoms with Gasteiger partial charge in [-0.25, -0.2) is 0 Å². The normalized spacial score (nSPS) is 9.85. The minimum absolute atomic E-state index is 0.110. The summed E-state index contributed by atoms with van der Waals surface area (Å²) in [6.45, 7) is 2.03. The molecule has 0 unspecified atom stereocenters. The summed E-state index contributed by atoms with van der Waals surface area (Å²) in [6, 6.07) is 3.67. The Morgan fingerprint density at radius 1 is 1.25 bits per heavy atom. The summed E-state index contributed by atoms with van der Waals surface area (Å²) in [7, 11) is 0. The Morgan fingerprint density at radius 3 is 2.70 bits per heavy atom. The topological polar surface area (TPSA) is 84.5 Å². The monoisotopic (exact) mass is 298 g/mol. The zero-order chi connectivity index (χ0) is 14.8. The second-order valence-electron chi connectivity index (χ2n) is 4.04. The molecule has 110 valence electrons. The first-order valence-electron chi connectivity index (χ1n) is 6.33. The molecule has 2 N–H and O–H groups in total. The van der Waals surface area contributed by atoms with Crippen LogP contribution in [0.1, 0.15) is 18.2 Å². The molecule has 20 heavy (non-hydrogen) atoms. The van der Waals surface area contributed by atoms with Gasteiger partial charge in [0.2, 0.25) is 5.91 Å². The lowest BCUT2D eigenvalue weighted by Crippen LogP contribution is -2.39. The molecule has 1 rings (SSSR count). The molecule has 0 aliphatic rings. The van der Waals surface area contributed by atoms with Crippen LogP contribution in [0.25, 0.3) is 0 Å². The molecule has 2 amide bonds. The summed E-state index contributed by atoms with van der Waals surface area (Å²) in [5.41, 5.74) is 0. The van der Waals surface area contributed by atoms with Crippen molar-refractivity contribution in [2.24, 2.45) is 0 Å². The van der Waals surface area contributed by atoms with E-state index < -0.39 is 11.9 Å². The van der Waals surface area contributed by atoms with Crippen molar-refractivity contribution in [3.05, 3.63) is 22.4 Å². The Bertz CT molecular complexity index is 445. The number of hydrogen-bond acceptors (Lipinski definition) is 5. The van der Waals surface area contributed by atoms with Gasteiger partial charge in [0.05, 0.1) is 13.0 Å². The number of amides is 2. The van der Waals surface area contributed by atoms with Crippen molar-refractivity contribution < 1.29 is 19.1 Å². The third-order valence-corrected chi connectivity index (χ3v) is 3.16. The molecular formula is C13H18N2O4S. The summed E-state index contributed by atoms with van der Waals surface area (Å²) >= 11 is 1.45.